The second kappa shape index (κ2) is 29.3. The van der Waals surface area contributed by atoms with Crippen molar-refractivity contribution in [1.82, 2.24) is 0 Å². The molecular formula is C33H46O7. The number of carboxylic acids is 1. The number of ether oxygens (including phenoxy) is 2. The first kappa shape index (κ1) is 40.2. The van der Waals surface area contributed by atoms with Gasteiger partial charge in [-0.25, -0.2) is 9.59 Å². The molecule has 0 saturated heterocycles. The Morgan fingerprint density at radius 1 is 0.550 bits per heavy atom. The Kier molecular flexibility index (Phi) is 29.5. The molecule has 7 nitrogen and oxygen atoms in total. The SMILES string of the molecule is CC.CC.CC.CCOC(=O)CC(=O)c1ccccc1.CCOC(=O)c1ccccc1.O=C(O)c1ccccc1. The molecule has 0 amide bonds. The summed E-state index contributed by atoms with van der Waals surface area (Å²) >= 11 is 0. The van der Waals surface area contributed by atoms with Gasteiger partial charge in [0.1, 0.15) is 6.42 Å². The van der Waals surface area contributed by atoms with Crippen LogP contribution in [0.15, 0.2) is 91.0 Å². The second-order valence-electron chi connectivity index (χ2n) is 6.53. The first-order valence-electron chi connectivity index (χ1n) is 13.6. The largest absolute Gasteiger partial charge is 0.478 e. The minimum Gasteiger partial charge on any atom is -0.478 e. The van der Waals surface area contributed by atoms with E-state index in [0.717, 1.165) is 0 Å². The van der Waals surface area contributed by atoms with E-state index in [-0.39, 0.29) is 18.2 Å². The third-order valence-electron chi connectivity index (χ3n) is 4.01. The number of hydrogen-bond donors (Lipinski definition) is 1. The van der Waals surface area contributed by atoms with E-state index in [4.69, 9.17) is 9.84 Å². The van der Waals surface area contributed by atoms with Crippen molar-refractivity contribution in [2.45, 2.75) is 61.8 Å². The van der Waals surface area contributed by atoms with Crippen LogP contribution in [-0.4, -0.2) is 42.0 Å². The fourth-order valence-electron chi connectivity index (χ4n) is 2.44. The number of aromatic carboxylic acids is 1. The number of benzene rings is 3. The van der Waals surface area contributed by atoms with E-state index < -0.39 is 11.9 Å². The van der Waals surface area contributed by atoms with Crippen molar-refractivity contribution in [1.29, 1.82) is 0 Å². The Hall–Kier alpha value is -4.26. The number of hydrogen-bond acceptors (Lipinski definition) is 6. The maximum atomic E-state index is 11.4. The standard InChI is InChI=1S/C11H12O3.C9H10O2.C7H6O2.3C2H6/c1-2-14-11(13)8-10(12)9-6-4-3-5-7-9;1-2-11-9(10)8-6-4-3-5-7-8;8-7(9)6-4-2-1-3-5-6;3*1-2/h3-7H,2,8H2,1H3;3-7H,2H2,1H3;1-5H,(H,8,9);3*1-2H3. The van der Waals surface area contributed by atoms with E-state index in [2.05, 4.69) is 4.74 Å². The van der Waals surface area contributed by atoms with Crippen molar-refractivity contribution in [3.8, 4) is 0 Å². The van der Waals surface area contributed by atoms with Gasteiger partial charge in [0.15, 0.2) is 5.78 Å². The predicted octanol–water partition coefficient (Wildman–Crippen LogP) is 8.15. The Labute approximate surface area is 240 Å². The normalized spacial score (nSPS) is 8.30. The van der Waals surface area contributed by atoms with E-state index >= 15 is 0 Å². The van der Waals surface area contributed by atoms with Gasteiger partial charge in [-0.1, -0.05) is 108 Å². The summed E-state index contributed by atoms with van der Waals surface area (Å²) in [6.45, 7) is 16.2. The molecule has 0 aromatic heterocycles. The van der Waals surface area contributed by atoms with Crippen LogP contribution >= 0.6 is 0 Å². The quantitative estimate of drug-likeness (QED) is 0.178. The molecule has 0 atom stereocenters. The number of esters is 2. The summed E-state index contributed by atoms with van der Waals surface area (Å²) in [7, 11) is 0. The van der Waals surface area contributed by atoms with Crippen LogP contribution in [0.5, 0.6) is 0 Å². The fourth-order valence-corrected chi connectivity index (χ4v) is 2.44. The van der Waals surface area contributed by atoms with Crippen molar-refractivity contribution in [2.75, 3.05) is 13.2 Å². The molecule has 1 N–H and O–H groups in total. The Bertz CT molecular complexity index is 1020. The molecule has 0 bridgehead atoms. The number of rotatable bonds is 7. The highest BCUT2D eigenvalue weighted by atomic mass is 16.5. The van der Waals surface area contributed by atoms with Gasteiger partial charge in [0.2, 0.25) is 0 Å². The van der Waals surface area contributed by atoms with Crippen molar-refractivity contribution >= 4 is 23.7 Å². The summed E-state index contributed by atoms with van der Waals surface area (Å²) in [4.78, 5) is 43.6. The lowest BCUT2D eigenvalue weighted by molar-refractivity contribution is -0.141. The molecule has 7 heteroatoms. The molecule has 3 aromatic rings. The molecule has 3 aromatic carbocycles. The minimum absolute atomic E-state index is 0.183. The molecule has 3 rings (SSSR count). The Balaban J connectivity index is -0.000000476. The summed E-state index contributed by atoms with van der Waals surface area (Å²) in [6.07, 6.45) is -0.183. The highest BCUT2D eigenvalue weighted by Crippen LogP contribution is 2.03. The molecule has 0 saturated carbocycles. The first-order valence-corrected chi connectivity index (χ1v) is 13.6. The molecule has 0 aliphatic heterocycles. The second-order valence-corrected chi connectivity index (χ2v) is 6.53. The Morgan fingerprint density at radius 2 is 0.900 bits per heavy atom. The Morgan fingerprint density at radius 3 is 1.23 bits per heavy atom. The molecule has 0 aliphatic carbocycles. The minimum atomic E-state index is -0.879. The van der Waals surface area contributed by atoms with Crippen LogP contribution in [0.1, 0.15) is 92.9 Å². The van der Waals surface area contributed by atoms with Crippen LogP contribution < -0.4 is 0 Å². The molecular weight excluding hydrogens is 508 g/mol. The molecule has 0 unspecified atom stereocenters. The molecule has 220 valence electrons. The van der Waals surface area contributed by atoms with E-state index in [9.17, 15) is 19.2 Å². The van der Waals surface area contributed by atoms with E-state index in [0.29, 0.717) is 29.9 Å². The number of Topliss-reactive ketones (excluding diaryl/α,β-unsaturated/α-hetero) is 1. The van der Waals surface area contributed by atoms with Crippen LogP contribution in [0.4, 0.5) is 0 Å². The smallest absolute Gasteiger partial charge is 0.338 e. The summed E-state index contributed by atoms with van der Waals surface area (Å²) in [6, 6.07) is 26.0. The molecule has 40 heavy (non-hydrogen) atoms. The number of carbonyl (C=O) groups excluding carboxylic acids is 3. The molecule has 0 spiro atoms. The van der Waals surface area contributed by atoms with E-state index in [1.165, 1.54) is 0 Å². The maximum absolute atomic E-state index is 11.4. The van der Waals surface area contributed by atoms with E-state index in [1.54, 1.807) is 80.6 Å². The lowest BCUT2D eigenvalue weighted by Gasteiger charge is -2.00. The van der Waals surface area contributed by atoms with Gasteiger partial charge in [0, 0.05) is 5.56 Å². The van der Waals surface area contributed by atoms with Gasteiger partial charge in [-0.05, 0) is 38.1 Å². The fraction of sp³-hybridized carbons (Fsp3) is 0.333. The van der Waals surface area contributed by atoms with Crippen LogP contribution in [-0.2, 0) is 14.3 Å². The zero-order valence-electron chi connectivity index (χ0n) is 25.2. The van der Waals surface area contributed by atoms with Crippen molar-refractivity contribution < 1.29 is 33.8 Å². The lowest BCUT2D eigenvalue weighted by Crippen LogP contribution is -2.11. The zero-order chi connectivity index (χ0) is 31.2. The third-order valence-corrected chi connectivity index (χ3v) is 4.01. The lowest BCUT2D eigenvalue weighted by atomic mass is 10.1. The van der Waals surface area contributed by atoms with Gasteiger partial charge in [-0.2, -0.15) is 0 Å². The van der Waals surface area contributed by atoms with E-state index in [1.807, 2.05) is 65.8 Å². The van der Waals surface area contributed by atoms with Crippen LogP contribution in [0.25, 0.3) is 0 Å². The topological polar surface area (TPSA) is 107 Å². The monoisotopic (exact) mass is 554 g/mol. The molecule has 0 aliphatic rings. The van der Waals surface area contributed by atoms with Crippen molar-refractivity contribution in [2.24, 2.45) is 0 Å². The number of carbonyl (C=O) groups is 4. The molecule has 0 heterocycles. The average molecular weight is 555 g/mol. The summed E-state index contributed by atoms with van der Waals surface area (Å²) in [5.41, 5.74) is 1.48. The van der Waals surface area contributed by atoms with Gasteiger partial charge in [-0.15, -0.1) is 0 Å². The van der Waals surface area contributed by atoms with Crippen molar-refractivity contribution in [3.63, 3.8) is 0 Å². The van der Waals surface area contributed by atoms with Gasteiger partial charge < -0.3 is 14.6 Å². The van der Waals surface area contributed by atoms with Gasteiger partial charge in [0.05, 0.1) is 24.3 Å². The van der Waals surface area contributed by atoms with Crippen molar-refractivity contribution in [3.05, 3.63) is 108 Å². The highest BCUT2D eigenvalue weighted by Gasteiger charge is 2.11. The summed E-state index contributed by atoms with van der Waals surface area (Å²) < 4.78 is 9.46. The summed E-state index contributed by atoms with van der Waals surface area (Å²) in [5, 5.41) is 8.38. The van der Waals surface area contributed by atoms with Gasteiger partial charge in [-0.3, -0.25) is 9.59 Å². The van der Waals surface area contributed by atoms with Crippen LogP contribution in [0.3, 0.4) is 0 Å². The van der Waals surface area contributed by atoms with Gasteiger partial charge in [0.25, 0.3) is 0 Å². The third kappa shape index (κ3) is 20.8. The molecule has 0 fully saturated rings. The van der Waals surface area contributed by atoms with Crippen LogP contribution in [0, 0.1) is 0 Å². The number of ketones is 1. The maximum Gasteiger partial charge on any atom is 0.338 e. The van der Waals surface area contributed by atoms with Crippen LogP contribution in [0.2, 0.25) is 0 Å². The highest BCUT2D eigenvalue weighted by molar-refractivity contribution is 6.05. The predicted molar refractivity (Wildman–Crippen MR) is 162 cm³/mol. The number of carboxylic acid groups (broad SMARTS) is 1. The first-order chi connectivity index (χ1) is 19.4. The summed E-state index contributed by atoms with van der Waals surface area (Å²) in [5.74, 6) is -1.81. The average Bonchev–Trinajstić information content (AvgIpc) is 3.02. The van der Waals surface area contributed by atoms with Gasteiger partial charge >= 0.3 is 17.9 Å². The zero-order valence-corrected chi connectivity index (χ0v) is 25.2. The molecule has 0 radical (unpaired) electrons.